The van der Waals surface area contributed by atoms with Gasteiger partial charge in [-0.25, -0.2) is 4.98 Å². The standard InChI is InChI=1S/C15H17N3O/c1-11-5-3-4-6-13(11)7-8-14(19)18-12(2)15-16-9-10-17-15/h3-10,12H,1-2H3,(H,16,17)(H,18,19)/b8-7+. The molecule has 1 amide bonds. The van der Waals surface area contributed by atoms with Crippen molar-refractivity contribution in [2.24, 2.45) is 0 Å². The smallest absolute Gasteiger partial charge is 0.244 e. The van der Waals surface area contributed by atoms with Crippen LogP contribution in [0.2, 0.25) is 0 Å². The van der Waals surface area contributed by atoms with Crippen LogP contribution in [0.15, 0.2) is 42.7 Å². The highest BCUT2D eigenvalue weighted by Gasteiger charge is 2.08. The molecule has 0 aliphatic carbocycles. The van der Waals surface area contributed by atoms with Gasteiger partial charge in [-0.05, 0) is 31.1 Å². The van der Waals surface area contributed by atoms with Gasteiger partial charge < -0.3 is 10.3 Å². The molecule has 0 spiro atoms. The highest BCUT2D eigenvalue weighted by atomic mass is 16.1. The Labute approximate surface area is 112 Å². The number of nitrogens with zero attached hydrogens (tertiary/aromatic N) is 1. The molecule has 0 saturated heterocycles. The molecule has 1 heterocycles. The number of hydrogen-bond donors (Lipinski definition) is 2. The number of benzene rings is 1. The van der Waals surface area contributed by atoms with Crippen molar-refractivity contribution < 1.29 is 4.79 Å². The number of aryl methyl sites for hydroxylation is 1. The van der Waals surface area contributed by atoms with E-state index < -0.39 is 0 Å². The molecular formula is C15H17N3O. The van der Waals surface area contributed by atoms with Crippen molar-refractivity contribution >= 4 is 12.0 Å². The van der Waals surface area contributed by atoms with Gasteiger partial charge in [0.15, 0.2) is 0 Å². The molecule has 4 heteroatoms. The highest BCUT2D eigenvalue weighted by Crippen LogP contribution is 2.09. The van der Waals surface area contributed by atoms with Crippen LogP contribution in [0.5, 0.6) is 0 Å². The first-order valence-corrected chi connectivity index (χ1v) is 6.20. The molecule has 2 aromatic rings. The van der Waals surface area contributed by atoms with Crippen LogP contribution in [0.3, 0.4) is 0 Å². The Bertz CT molecular complexity index is 573. The summed E-state index contributed by atoms with van der Waals surface area (Å²) in [5, 5.41) is 2.85. The van der Waals surface area contributed by atoms with Gasteiger partial charge in [0.05, 0.1) is 6.04 Å². The van der Waals surface area contributed by atoms with Gasteiger partial charge in [0.2, 0.25) is 5.91 Å². The molecule has 2 rings (SSSR count). The van der Waals surface area contributed by atoms with E-state index in [1.807, 2.05) is 44.2 Å². The van der Waals surface area contributed by atoms with E-state index in [4.69, 9.17) is 0 Å². The molecule has 1 aromatic heterocycles. The molecule has 98 valence electrons. The second kappa shape index (κ2) is 6.00. The van der Waals surface area contributed by atoms with E-state index in [1.165, 1.54) is 0 Å². The third-order valence-electron chi connectivity index (χ3n) is 2.89. The fraction of sp³-hybridized carbons (Fsp3) is 0.200. The second-order valence-corrected chi connectivity index (χ2v) is 4.39. The van der Waals surface area contributed by atoms with Crippen LogP contribution in [-0.2, 0) is 4.79 Å². The predicted octanol–water partition coefficient (Wildman–Crippen LogP) is 2.61. The topological polar surface area (TPSA) is 57.8 Å². The minimum absolute atomic E-state index is 0.132. The minimum atomic E-state index is -0.135. The number of aromatic amines is 1. The third kappa shape index (κ3) is 3.55. The molecule has 0 fully saturated rings. The van der Waals surface area contributed by atoms with Crippen molar-refractivity contribution in [1.82, 2.24) is 15.3 Å². The predicted molar refractivity (Wildman–Crippen MR) is 75.4 cm³/mol. The molecule has 4 nitrogen and oxygen atoms in total. The molecule has 0 bridgehead atoms. The molecular weight excluding hydrogens is 238 g/mol. The van der Waals surface area contributed by atoms with E-state index in [0.29, 0.717) is 0 Å². The van der Waals surface area contributed by atoms with Gasteiger partial charge in [-0.15, -0.1) is 0 Å². The maximum atomic E-state index is 11.8. The first kappa shape index (κ1) is 13.1. The highest BCUT2D eigenvalue weighted by molar-refractivity contribution is 5.92. The van der Waals surface area contributed by atoms with Crippen LogP contribution in [-0.4, -0.2) is 15.9 Å². The number of hydrogen-bond acceptors (Lipinski definition) is 2. The summed E-state index contributed by atoms with van der Waals surface area (Å²) < 4.78 is 0. The van der Waals surface area contributed by atoms with Crippen molar-refractivity contribution in [3.05, 3.63) is 59.7 Å². The number of amides is 1. The Hall–Kier alpha value is -2.36. The van der Waals surface area contributed by atoms with Crippen molar-refractivity contribution in [3.8, 4) is 0 Å². The van der Waals surface area contributed by atoms with Gasteiger partial charge in [-0.3, -0.25) is 4.79 Å². The molecule has 2 N–H and O–H groups in total. The Morgan fingerprint density at radius 3 is 2.89 bits per heavy atom. The van der Waals surface area contributed by atoms with Crippen molar-refractivity contribution in [2.45, 2.75) is 19.9 Å². The van der Waals surface area contributed by atoms with Gasteiger partial charge in [-0.1, -0.05) is 24.3 Å². The lowest BCUT2D eigenvalue weighted by Gasteiger charge is -2.09. The second-order valence-electron chi connectivity index (χ2n) is 4.39. The summed E-state index contributed by atoms with van der Waals surface area (Å²) in [6.07, 6.45) is 6.77. The first-order chi connectivity index (χ1) is 9.16. The summed E-state index contributed by atoms with van der Waals surface area (Å²) in [6, 6.07) is 7.80. The zero-order valence-electron chi connectivity index (χ0n) is 11.1. The van der Waals surface area contributed by atoms with Gasteiger partial charge in [-0.2, -0.15) is 0 Å². The van der Waals surface area contributed by atoms with Crippen molar-refractivity contribution in [3.63, 3.8) is 0 Å². The zero-order chi connectivity index (χ0) is 13.7. The molecule has 0 aliphatic rings. The summed E-state index contributed by atoms with van der Waals surface area (Å²) in [5.74, 6) is 0.616. The number of H-pyrrole nitrogens is 1. The molecule has 0 saturated carbocycles. The molecule has 1 aromatic carbocycles. The van der Waals surface area contributed by atoms with Gasteiger partial charge in [0.1, 0.15) is 5.82 Å². The van der Waals surface area contributed by atoms with Crippen LogP contribution >= 0.6 is 0 Å². The van der Waals surface area contributed by atoms with Crippen LogP contribution in [0, 0.1) is 6.92 Å². The number of carbonyl (C=O) groups is 1. The minimum Gasteiger partial charge on any atom is -0.347 e. The molecule has 0 aliphatic heterocycles. The molecule has 19 heavy (non-hydrogen) atoms. The van der Waals surface area contributed by atoms with Crippen LogP contribution in [0.1, 0.15) is 29.9 Å². The fourth-order valence-electron chi connectivity index (χ4n) is 1.78. The Morgan fingerprint density at radius 2 is 2.21 bits per heavy atom. The number of imidazole rings is 1. The average molecular weight is 255 g/mol. The largest absolute Gasteiger partial charge is 0.347 e. The third-order valence-corrected chi connectivity index (χ3v) is 2.89. The van der Waals surface area contributed by atoms with Gasteiger partial charge in [0.25, 0.3) is 0 Å². The maximum absolute atomic E-state index is 11.8. The lowest BCUT2D eigenvalue weighted by molar-refractivity contribution is -0.117. The van der Waals surface area contributed by atoms with Crippen LogP contribution < -0.4 is 5.32 Å². The summed E-state index contributed by atoms with van der Waals surface area (Å²) in [6.45, 7) is 3.90. The summed E-state index contributed by atoms with van der Waals surface area (Å²) in [5.41, 5.74) is 2.19. The van der Waals surface area contributed by atoms with Crippen molar-refractivity contribution in [2.75, 3.05) is 0 Å². The lowest BCUT2D eigenvalue weighted by atomic mass is 10.1. The van der Waals surface area contributed by atoms with Crippen LogP contribution in [0.4, 0.5) is 0 Å². The maximum Gasteiger partial charge on any atom is 0.244 e. The fourth-order valence-corrected chi connectivity index (χ4v) is 1.78. The lowest BCUT2D eigenvalue weighted by Crippen LogP contribution is -2.25. The normalized spacial score (nSPS) is 12.5. The number of aromatic nitrogens is 2. The molecule has 0 radical (unpaired) electrons. The van der Waals surface area contributed by atoms with Crippen LogP contribution in [0.25, 0.3) is 6.08 Å². The first-order valence-electron chi connectivity index (χ1n) is 6.20. The van der Waals surface area contributed by atoms with Gasteiger partial charge in [0, 0.05) is 18.5 Å². The monoisotopic (exact) mass is 255 g/mol. The zero-order valence-corrected chi connectivity index (χ0v) is 11.1. The summed E-state index contributed by atoms with van der Waals surface area (Å²) in [4.78, 5) is 18.9. The number of carbonyl (C=O) groups excluding carboxylic acids is 1. The number of rotatable bonds is 4. The summed E-state index contributed by atoms with van der Waals surface area (Å²) >= 11 is 0. The molecule has 1 unspecified atom stereocenters. The molecule has 1 atom stereocenters. The summed E-state index contributed by atoms with van der Waals surface area (Å²) in [7, 11) is 0. The van der Waals surface area contributed by atoms with E-state index in [1.54, 1.807) is 18.5 Å². The van der Waals surface area contributed by atoms with Gasteiger partial charge >= 0.3 is 0 Å². The Morgan fingerprint density at radius 1 is 1.42 bits per heavy atom. The van der Waals surface area contributed by atoms with E-state index >= 15 is 0 Å². The van der Waals surface area contributed by atoms with E-state index in [9.17, 15) is 4.79 Å². The Balaban J connectivity index is 1.96. The van der Waals surface area contributed by atoms with E-state index in [2.05, 4.69) is 15.3 Å². The Kier molecular flexibility index (Phi) is 4.13. The van der Waals surface area contributed by atoms with E-state index in [-0.39, 0.29) is 11.9 Å². The van der Waals surface area contributed by atoms with Crippen molar-refractivity contribution in [1.29, 1.82) is 0 Å². The quantitative estimate of drug-likeness (QED) is 0.825. The average Bonchev–Trinajstić information content (AvgIpc) is 2.91. The number of nitrogens with one attached hydrogen (secondary N) is 2. The van der Waals surface area contributed by atoms with E-state index in [0.717, 1.165) is 17.0 Å². The SMILES string of the molecule is Cc1ccccc1/C=C/C(=O)NC(C)c1ncc[nH]1.